The molecule has 4 nitrogen and oxygen atoms in total. The molecule has 3 rings (SSSR count). The lowest BCUT2D eigenvalue weighted by atomic mass is 9.97. The molecule has 2 unspecified atom stereocenters. The molecule has 0 bridgehead atoms. The van der Waals surface area contributed by atoms with Gasteiger partial charge in [-0.3, -0.25) is 0 Å². The highest BCUT2D eigenvalue weighted by Gasteiger charge is 2.35. The Morgan fingerprint density at radius 1 is 1.15 bits per heavy atom. The molecule has 1 aliphatic rings. The number of carbonyl (C=O) groups is 1. The average molecular weight is 352 g/mol. The Kier molecular flexibility index (Phi) is 5.94. The Balaban J connectivity index is 1.73. The number of benzene rings is 2. The summed E-state index contributed by atoms with van der Waals surface area (Å²) in [5.41, 5.74) is 9.88. The van der Waals surface area contributed by atoms with Gasteiger partial charge in [0.15, 0.2) is 0 Å². The zero-order valence-corrected chi connectivity index (χ0v) is 15.6. The van der Waals surface area contributed by atoms with Gasteiger partial charge < -0.3 is 15.4 Å². The molecule has 0 saturated carbocycles. The fourth-order valence-corrected chi connectivity index (χ4v) is 3.44. The molecule has 2 aromatic carbocycles. The smallest absolute Gasteiger partial charge is 0.410 e. The van der Waals surface area contributed by atoms with E-state index in [1.165, 1.54) is 16.7 Å². The molecule has 26 heavy (non-hydrogen) atoms. The maximum Gasteiger partial charge on any atom is 0.410 e. The highest BCUT2D eigenvalue weighted by atomic mass is 16.6. The number of ether oxygens (including phenoxy) is 1. The topological polar surface area (TPSA) is 55.6 Å². The minimum absolute atomic E-state index is 0.0121. The van der Waals surface area contributed by atoms with E-state index in [-0.39, 0.29) is 18.2 Å². The van der Waals surface area contributed by atoms with Crippen molar-refractivity contribution in [1.29, 1.82) is 0 Å². The number of rotatable bonds is 5. The number of nitrogens with two attached hydrogens (primary N) is 1. The van der Waals surface area contributed by atoms with Gasteiger partial charge >= 0.3 is 6.09 Å². The minimum Gasteiger partial charge on any atom is -0.449 e. The monoisotopic (exact) mass is 352 g/mol. The van der Waals surface area contributed by atoms with Crippen molar-refractivity contribution in [2.75, 3.05) is 13.2 Å². The van der Waals surface area contributed by atoms with Crippen molar-refractivity contribution in [2.45, 2.75) is 38.8 Å². The molecule has 138 valence electrons. The van der Waals surface area contributed by atoms with Crippen LogP contribution < -0.4 is 5.73 Å². The van der Waals surface area contributed by atoms with E-state index < -0.39 is 0 Å². The number of amides is 1. The quantitative estimate of drug-likeness (QED) is 0.882. The number of hydrogen-bond donors (Lipinski definition) is 1. The second-order valence-corrected chi connectivity index (χ2v) is 7.45. The maximum absolute atomic E-state index is 12.4. The number of hydrogen-bond acceptors (Lipinski definition) is 3. The van der Waals surface area contributed by atoms with Crippen molar-refractivity contribution in [3.63, 3.8) is 0 Å². The van der Waals surface area contributed by atoms with Gasteiger partial charge in [0.05, 0.1) is 12.6 Å². The molecule has 1 amide bonds. The molecule has 2 atom stereocenters. The Bertz CT molecular complexity index is 730. The van der Waals surface area contributed by atoms with Crippen molar-refractivity contribution in [2.24, 2.45) is 11.7 Å². The first kappa shape index (κ1) is 18.5. The zero-order chi connectivity index (χ0) is 18.5. The van der Waals surface area contributed by atoms with Crippen LogP contribution in [0.25, 0.3) is 11.1 Å². The van der Waals surface area contributed by atoms with Gasteiger partial charge in [-0.25, -0.2) is 4.79 Å². The summed E-state index contributed by atoms with van der Waals surface area (Å²) in [4.78, 5) is 14.2. The van der Waals surface area contributed by atoms with Gasteiger partial charge in [-0.1, -0.05) is 68.4 Å². The predicted octanol–water partition coefficient (Wildman–Crippen LogP) is 4.09. The van der Waals surface area contributed by atoms with Crippen LogP contribution in [-0.2, 0) is 11.2 Å². The molecule has 4 heteroatoms. The molecule has 1 heterocycles. The maximum atomic E-state index is 12.4. The Hall–Kier alpha value is -2.33. The first-order valence-corrected chi connectivity index (χ1v) is 9.38. The molecule has 1 aliphatic heterocycles. The highest BCUT2D eigenvalue weighted by molar-refractivity contribution is 5.69. The summed E-state index contributed by atoms with van der Waals surface area (Å²) in [6.45, 7) is 5.19. The van der Waals surface area contributed by atoms with Crippen LogP contribution in [-0.4, -0.2) is 36.2 Å². The third-order valence-electron chi connectivity index (χ3n) is 4.85. The van der Waals surface area contributed by atoms with Crippen LogP contribution >= 0.6 is 0 Å². The molecular weight excluding hydrogens is 324 g/mol. The second kappa shape index (κ2) is 8.37. The normalized spacial score (nSPS) is 19.8. The van der Waals surface area contributed by atoms with Gasteiger partial charge in [0, 0.05) is 12.6 Å². The average Bonchev–Trinajstić information content (AvgIpc) is 3.01. The number of nitrogens with zero attached hydrogens (tertiary/aromatic N) is 1. The molecule has 2 N–H and O–H groups in total. The SMILES string of the molecule is CC(C)COC(=O)N1CCC(N)C1Cc1cccc(-c2ccccc2)c1. The fraction of sp³-hybridized carbons (Fsp3) is 0.409. The summed E-state index contributed by atoms with van der Waals surface area (Å²) in [6.07, 6.45) is 1.33. The number of carbonyl (C=O) groups excluding carboxylic acids is 1. The predicted molar refractivity (Wildman–Crippen MR) is 105 cm³/mol. The van der Waals surface area contributed by atoms with Crippen LogP contribution in [0.15, 0.2) is 54.6 Å². The summed E-state index contributed by atoms with van der Waals surface area (Å²) >= 11 is 0. The van der Waals surface area contributed by atoms with Gasteiger partial charge in [-0.2, -0.15) is 0 Å². The van der Waals surface area contributed by atoms with E-state index in [2.05, 4.69) is 36.4 Å². The molecule has 0 aromatic heterocycles. The van der Waals surface area contributed by atoms with Crippen molar-refractivity contribution in [3.05, 3.63) is 60.2 Å². The Morgan fingerprint density at radius 2 is 1.88 bits per heavy atom. The lowest BCUT2D eigenvalue weighted by molar-refractivity contribution is 0.0870. The molecule has 1 saturated heterocycles. The summed E-state index contributed by atoms with van der Waals surface area (Å²) in [5, 5.41) is 0. The zero-order valence-electron chi connectivity index (χ0n) is 15.6. The van der Waals surface area contributed by atoms with Crippen molar-refractivity contribution >= 4 is 6.09 Å². The van der Waals surface area contributed by atoms with E-state index in [0.717, 1.165) is 12.8 Å². The Labute approximate surface area is 156 Å². The van der Waals surface area contributed by atoms with Gasteiger partial charge in [0.25, 0.3) is 0 Å². The van der Waals surface area contributed by atoms with E-state index in [1.807, 2.05) is 36.9 Å². The largest absolute Gasteiger partial charge is 0.449 e. The summed E-state index contributed by atoms with van der Waals surface area (Å²) in [6, 6.07) is 18.8. The van der Waals surface area contributed by atoms with Crippen LogP contribution in [0.2, 0.25) is 0 Å². The van der Waals surface area contributed by atoms with Gasteiger partial charge in [-0.15, -0.1) is 0 Å². The second-order valence-electron chi connectivity index (χ2n) is 7.45. The standard InChI is InChI=1S/C22H28N2O2/c1-16(2)15-26-22(25)24-12-11-20(23)21(24)14-17-7-6-10-19(13-17)18-8-4-3-5-9-18/h3-10,13,16,20-21H,11-12,14-15,23H2,1-2H3. The van der Waals surface area contributed by atoms with E-state index in [4.69, 9.17) is 10.5 Å². The molecule has 2 aromatic rings. The van der Waals surface area contributed by atoms with E-state index >= 15 is 0 Å². The third kappa shape index (κ3) is 4.44. The first-order valence-electron chi connectivity index (χ1n) is 9.38. The molecule has 0 aliphatic carbocycles. The molecule has 0 radical (unpaired) electrons. The van der Waals surface area contributed by atoms with Crippen LogP contribution in [0, 0.1) is 5.92 Å². The Morgan fingerprint density at radius 3 is 2.62 bits per heavy atom. The van der Waals surface area contributed by atoms with E-state index in [1.54, 1.807) is 0 Å². The van der Waals surface area contributed by atoms with Gasteiger partial charge in [-0.05, 0) is 35.4 Å². The summed E-state index contributed by atoms with van der Waals surface area (Å²) in [5.74, 6) is 0.330. The van der Waals surface area contributed by atoms with Crippen LogP contribution in [0.5, 0.6) is 0 Å². The molecule has 0 spiro atoms. The highest BCUT2D eigenvalue weighted by Crippen LogP contribution is 2.25. The van der Waals surface area contributed by atoms with E-state index in [9.17, 15) is 4.79 Å². The lowest BCUT2D eigenvalue weighted by Gasteiger charge is -2.27. The van der Waals surface area contributed by atoms with Gasteiger partial charge in [0.1, 0.15) is 0 Å². The summed E-state index contributed by atoms with van der Waals surface area (Å²) in [7, 11) is 0. The fourth-order valence-electron chi connectivity index (χ4n) is 3.44. The molecule has 1 fully saturated rings. The van der Waals surface area contributed by atoms with Crippen molar-refractivity contribution in [3.8, 4) is 11.1 Å². The minimum atomic E-state index is -0.240. The van der Waals surface area contributed by atoms with Gasteiger partial charge in [0.2, 0.25) is 0 Å². The first-order chi connectivity index (χ1) is 12.5. The third-order valence-corrected chi connectivity index (χ3v) is 4.85. The van der Waals surface area contributed by atoms with E-state index in [0.29, 0.717) is 19.1 Å². The number of likely N-dealkylation sites (tertiary alicyclic amines) is 1. The lowest BCUT2D eigenvalue weighted by Crippen LogP contribution is -2.44. The van der Waals surface area contributed by atoms with Crippen molar-refractivity contribution < 1.29 is 9.53 Å². The van der Waals surface area contributed by atoms with Crippen molar-refractivity contribution in [1.82, 2.24) is 4.90 Å². The van der Waals surface area contributed by atoms with Crippen LogP contribution in [0.1, 0.15) is 25.8 Å². The van der Waals surface area contributed by atoms with Crippen LogP contribution in [0.3, 0.4) is 0 Å². The summed E-state index contributed by atoms with van der Waals surface area (Å²) < 4.78 is 5.43. The molecular formula is C22H28N2O2. The van der Waals surface area contributed by atoms with Crippen LogP contribution in [0.4, 0.5) is 4.79 Å².